The summed E-state index contributed by atoms with van der Waals surface area (Å²) in [5, 5.41) is 3.85. The quantitative estimate of drug-likeness (QED) is 0.620. The lowest BCUT2D eigenvalue weighted by Gasteiger charge is -2.05. The minimum atomic E-state index is -3.77. The number of benzene rings is 2. The molecule has 0 radical (unpaired) electrons. The highest BCUT2D eigenvalue weighted by Crippen LogP contribution is 2.20. The average Bonchev–Trinajstić information content (AvgIpc) is 3.16. The fraction of sp³-hybridized carbons (Fsp3) is 0.167. The van der Waals surface area contributed by atoms with Gasteiger partial charge in [0, 0.05) is 11.1 Å². The Labute approximate surface area is 156 Å². The Morgan fingerprint density at radius 1 is 1.11 bits per heavy atom. The summed E-state index contributed by atoms with van der Waals surface area (Å²) in [5.41, 5.74) is 1.16. The van der Waals surface area contributed by atoms with Crippen LogP contribution in [0.2, 0.25) is 0 Å². The number of ether oxygens (including phenoxy) is 1. The smallest absolute Gasteiger partial charge is 0.242 e. The van der Waals surface area contributed by atoms with Gasteiger partial charge in [-0.25, -0.2) is 13.1 Å². The molecule has 0 amide bonds. The molecule has 2 aromatic carbocycles. The van der Waals surface area contributed by atoms with Gasteiger partial charge in [0.1, 0.15) is 5.75 Å². The molecule has 140 valence electrons. The summed E-state index contributed by atoms with van der Waals surface area (Å²) in [7, 11) is -2.20. The van der Waals surface area contributed by atoms with Gasteiger partial charge in [0.15, 0.2) is 5.78 Å². The molecule has 0 aliphatic heterocycles. The summed E-state index contributed by atoms with van der Waals surface area (Å²) in [5.74, 6) is 1.04. The van der Waals surface area contributed by atoms with Crippen molar-refractivity contribution in [3.8, 4) is 17.1 Å². The van der Waals surface area contributed by atoms with Gasteiger partial charge in [0.25, 0.3) is 0 Å². The summed E-state index contributed by atoms with van der Waals surface area (Å²) in [6, 6.07) is 12.7. The SMILES string of the molecule is COc1ccc(-c2noc(CNS(=O)(=O)c3ccc(C(C)=O)cc3)n2)cc1. The van der Waals surface area contributed by atoms with Gasteiger partial charge in [-0.05, 0) is 43.3 Å². The Morgan fingerprint density at radius 3 is 2.37 bits per heavy atom. The van der Waals surface area contributed by atoms with Crippen LogP contribution < -0.4 is 9.46 Å². The summed E-state index contributed by atoms with van der Waals surface area (Å²) >= 11 is 0. The van der Waals surface area contributed by atoms with E-state index in [9.17, 15) is 13.2 Å². The van der Waals surface area contributed by atoms with Crippen LogP contribution in [0.4, 0.5) is 0 Å². The van der Waals surface area contributed by atoms with Gasteiger partial charge < -0.3 is 9.26 Å². The summed E-state index contributed by atoms with van der Waals surface area (Å²) < 4.78 is 37.2. The number of Topliss-reactive ketones (excluding diaryl/α,β-unsaturated/α-hetero) is 1. The van der Waals surface area contributed by atoms with Crippen LogP contribution in [0.1, 0.15) is 23.2 Å². The summed E-state index contributed by atoms with van der Waals surface area (Å²) in [4.78, 5) is 15.5. The number of methoxy groups -OCH3 is 1. The Morgan fingerprint density at radius 2 is 1.78 bits per heavy atom. The van der Waals surface area contributed by atoms with Crippen molar-refractivity contribution in [1.29, 1.82) is 0 Å². The molecule has 8 nitrogen and oxygen atoms in total. The van der Waals surface area contributed by atoms with E-state index in [0.29, 0.717) is 22.7 Å². The number of nitrogens with one attached hydrogen (secondary N) is 1. The molecule has 3 rings (SSSR count). The number of carbonyl (C=O) groups excluding carboxylic acids is 1. The summed E-state index contributed by atoms with van der Waals surface area (Å²) in [6.45, 7) is 1.26. The summed E-state index contributed by atoms with van der Waals surface area (Å²) in [6.07, 6.45) is 0. The van der Waals surface area contributed by atoms with E-state index < -0.39 is 10.0 Å². The van der Waals surface area contributed by atoms with Crippen molar-refractivity contribution in [3.63, 3.8) is 0 Å². The van der Waals surface area contributed by atoms with Crippen LogP contribution in [0.15, 0.2) is 57.9 Å². The first-order valence-electron chi connectivity index (χ1n) is 7.97. The lowest BCUT2D eigenvalue weighted by molar-refractivity contribution is 0.101. The standard InChI is InChI=1S/C18H17N3O5S/c1-12(22)13-5-9-16(10-6-13)27(23,24)19-11-17-20-18(21-26-17)14-3-7-15(25-2)8-4-14/h3-10,19H,11H2,1-2H3. The molecule has 0 saturated heterocycles. The van der Waals surface area contributed by atoms with Gasteiger partial charge in [-0.3, -0.25) is 4.79 Å². The molecule has 3 aromatic rings. The maximum atomic E-state index is 12.3. The Kier molecular flexibility index (Phi) is 5.33. The van der Waals surface area contributed by atoms with Crippen molar-refractivity contribution in [3.05, 3.63) is 60.0 Å². The monoisotopic (exact) mass is 387 g/mol. The van der Waals surface area contributed by atoms with Gasteiger partial charge in [0.2, 0.25) is 21.7 Å². The van der Waals surface area contributed by atoms with Gasteiger partial charge in [-0.2, -0.15) is 4.98 Å². The second kappa shape index (κ2) is 7.68. The number of ketones is 1. The fourth-order valence-corrected chi connectivity index (χ4v) is 3.27. The molecular weight excluding hydrogens is 370 g/mol. The van der Waals surface area contributed by atoms with Gasteiger partial charge in [-0.1, -0.05) is 17.3 Å². The molecule has 0 atom stereocenters. The topological polar surface area (TPSA) is 111 Å². The molecule has 1 heterocycles. The molecule has 1 aromatic heterocycles. The molecule has 0 bridgehead atoms. The molecule has 0 spiro atoms. The van der Waals surface area contributed by atoms with Crippen molar-refractivity contribution in [2.45, 2.75) is 18.4 Å². The number of carbonyl (C=O) groups is 1. The lowest BCUT2D eigenvalue weighted by atomic mass is 10.2. The number of hydrogen-bond donors (Lipinski definition) is 1. The minimum absolute atomic E-state index is 0.0439. The number of rotatable bonds is 7. The van der Waals surface area contributed by atoms with E-state index in [4.69, 9.17) is 9.26 Å². The van der Waals surface area contributed by atoms with Crippen LogP contribution in [0, 0.1) is 0 Å². The van der Waals surface area contributed by atoms with Crippen LogP contribution in [-0.4, -0.2) is 31.5 Å². The van der Waals surface area contributed by atoms with Crippen molar-refractivity contribution in [1.82, 2.24) is 14.9 Å². The third-order valence-corrected chi connectivity index (χ3v) is 5.22. The average molecular weight is 387 g/mol. The van der Waals surface area contributed by atoms with E-state index in [1.54, 1.807) is 31.4 Å². The maximum absolute atomic E-state index is 12.3. The molecule has 0 saturated carbocycles. The largest absolute Gasteiger partial charge is 0.497 e. The van der Waals surface area contributed by atoms with Crippen molar-refractivity contribution < 1.29 is 22.5 Å². The van der Waals surface area contributed by atoms with Crippen molar-refractivity contribution in [2.24, 2.45) is 0 Å². The molecule has 9 heteroatoms. The first-order valence-corrected chi connectivity index (χ1v) is 9.45. The van der Waals surface area contributed by atoms with Gasteiger partial charge in [0.05, 0.1) is 18.6 Å². The zero-order chi connectivity index (χ0) is 19.4. The first-order chi connectivity index (χ1) is 12.9. The van der Waals surface area contributed by atoms with E-state index >= 15 is 0 Å². The normalized spacial score (nSPS) is 11.3. The Balaban J connectivity index is 1.69. The third-order valence-electron chi connectivity index (χ3n) is 3.80. The second-order valence-corrected chi connectivity index (χ2v) is 7.41. The Bertz CT molecular complexity index is 1040. The van der Waals surface area contributed by atoms with E-state index in [0.717, 1.165) is 0 Å². The minimum Gasteiger partial charge on any atom is -0.497 e. The number of sulfonamides is 1. The predicted octanol–water partition coefficient (Wildman–Crippen LogP) is 2.43. The van der Waals surface area contributed by atoms with Crippen LogP contribution in [-0.2, 0) is 16.6 Å². The molecule has 27 heavy (non-hydrogen) atoms. The van der Waals surface area contributed by atoms with Crippen LogP contribution in [0.3, 0.4) is 0 Å². The first kappa shape index (κ1) is 18.7. The second-order valence-electron chi connectivity index (χ2n) is 5.65. The zero-order valence-corrected chi connectivity index (χ0v) is 15.5. The predicted molar refractivity (Wildman–Crippen MR) is 96.8 cm³/mol. The van der Waals surface area contributed by atoms with E-state index in [2.05, 4.69) is 14.9 Å². The fourth-order valence-electron chi connectivity index (χ4n) is 2.29. The highest BCUT2D eigenvalue weighted by molar-refractivity contribution is 7.89. The number of aromatic nitrogens is 2. The van der Waals surface area contributed by atoms with E-state index in [1.807, 2.05) is 0 Å². The molecule has 0 aliphatic carbocycles. The highest BCUT2D eigenvalue weighted by Gasteiger charge is 2.16. The van der Waals surface area contributed by atoms with E-state index in [-0.39, 0.29) is 23.1 Å². The number of hydrogen-bond acceptors (Lipinski definition) is 7. The van der Waals surface area contributed by atoms with Gasteiger partial charge >= 0.3 is 0 Å². The molecule has 0 unspecified atom stereocenters. The van der Waals surface area contributed by atoms with Gasteiger partial charge in [-0.15, -0.1) is 0 Å². The maximum Gasteiger partial charge on any atom is 0.242 e. The molecule has 0 fully saturated rings. The molecule has 0 aliphatic rings. The molecular formula is C18H17N3O5S. The number of nitrogens with zero attached hydrogens (tertiary/aromatic N) is 2. The lowest BCUT2D eigenvalue weighted by Crippen LogP contribution is -2.23. The van der Waals surface area contributed by atoms with Crippen molar-refractivity contribution >= 4 is 15.8 Å². The van der Waals surface area contributed by atoms with E-state index in [1.165, 1.54) is 31.2 Å². The highest BCUT2D eigenvalue weighted by atomic mass is 32.2. The Hall–Kier alpha value is -3.04. The van der Waals surface area contributed by atoms with Crippen LogP contribution in [0.5, 0.6) is 5.75 Å². The van der Waals surface area contributed by atoms with Crippen LogP contribution >= 0.6 is 0 Å². The molecule has 1 N–H and O–H groups in total. The third kappa shape index (κ3) is 4.39. The zero-order valence-electron chi connectivity index (χ0n) is 14.7. The van der Waals surface area contributed by atoms with Crippen LogP contribution in [0.25, 0.3) is 11.4 Å². The van der Waals surface area contributed by atoms with Crippen molar-refractivity contribution in [2.75, 3.05) is 7.11 Å².